The fraction of sp³-hybridized carbons (Fsp3) is 0.733. The Bertz CT molecular complexity index is 585. The van der Waals surface area contributed by atoms with Crippen molar-refractivity contribution in [2.45, 2.75) is 61.9 Å². The fourth-order valence-corrected chi connectivity index (χ4v) is 3.79. The molecule has 6 nitrogen and oxygen atoms in total. The molecule has 1 fully saturated rings. The van der Waals surface area contributed by atoms with Crippen LogP contribution in [0.15, 0.2) is 5.16 Å². The van der Waals surface area contributed by atoms with E-state index in [0.717, 1.165) is 43.1 Å². The summed E-state index contributed by atoms with van der Waals surface area (Å²) in [6.07, 6.45) is 4.71. The standard InChI is InChI=1S/C15H23N5OS/c1-11(22-14-18-17-12(2)19(14)3)13(21)20(4)15(10-16)8-6-5-7-9-15/h11H,5-9H2,1-4H3/t11-/m1/s1. The summed E-state index contributed by atoms with van der Waals surface area (Å²) >= 11 is 1.39. The van der Waals surface area contributed by atoms with Gasteiger partial charge in [-0.1, -0.05) is 31.0 Å². The molecule has 1 aromatic rings. The van der Waals surface area contributed by atoms with Crippen molar-refractivity contribution in [1.82, 2.24) is 19.7 Å². The van der Waals surface area contributed by atoms with E-state index in [-0.39, 0.29) is 11.2 Å². The van der Waals surface area contributed by atoms with Gasteiger partial charge >= 0.3 is 0 Å². The van der Waals surface area contributed by atoms with Crippen LogP contribution in [0.4, 0.5) is 0 Å². The summed E-state index contributed by atoms with van der Waals surface area (Å²) in [5.74, 6) is 0.797. The number of carbonyl (C=O) groups is 1. The Morgan fingerprint density at radius 3 is 2.55 bits per heavy atom. The molecule has 1 atom stereocenters. The van der Waals surface area contributed by atoms with Gasteiger partial charge in [0.1, 0.15) is 11.4 Å². The summed E-state index contributed by atoms with van der Waals surface area (Å²) in [6.45, 7) is 3.74. The zero-order chi connectivity index (χ0) is 16.3. The Balaban J connectivity index is 2.09. The van der Waals surface area contributed by atoms with Crippen molar-refractivity contribution >= 4 is 17.7 Å². The van der Waals surface area contributed by atoms with E-state index < -0.39 is 5.54 Å². The molecule has 120 valence electrons. The van der Waals surface area contributed by atoms with Crippen LogP contribution in [-0.2, 0) is 11.8 Å². The van der Waals surface area contributed by atoms with Crippen molar-refractivity contribution in [1.29, 1.82) is 5.26 Å². The maximum atomic E-state index is 12.7. The average molecular weight is 321 g/mol. The van der Waals surface area contributed by atoms with Gasteiger partial charge in [-0.15, -0.1) is 10.2 Å². The van der Waals surface area contributed by atoms with E-state index in [1.54, 1.807) is 11.9 Å². The summed E-state index contributed by atoms with van der Waals surface area (Å²) < 4.78 is 1.87. The number of aryl methyl sites for hydroxylation is 1. The molecule has 0 unspecified atom stereocenters. The summed E-state index contributed by atoms with van der Waals surface area (Å²) in [6, 6.07) is 2.39. The van der Waals surface area contributed by atoms with Gasteiger partial charge in [-0.05, 0) is 26.7 Å². The molecule has 1 aromatic heterocycles. The highest BCUT2D eigenvalue weighted by Crippen LogP contribution is 2.34. The zero-order valence-corrected chi connectivity index (χ0v) is 14.5. The number of rotatable bonds is 4. The summed E-state index contributed by atoms with van der Waals surface area (Å²) in [4.78, 5) is 14.4. The van der Waals surface area contributed by atoms with Crippen LogP contribution in [0.1, 0.15) is 44.9 Å². The van der Waals surface area contributed by atoms with E-state index in [1.807, 2.05) is 25.5 Å². The Kier molecular flexibility index (Phi) is 5.12. The predicted molar refractivity (Wildman–Crippen MR) is 85.3 cm³/mol. The smallest absolute Gasteiger partial charge is 0.236 e. The van der Waals surface area contributed by atoms with Crippen molar-refractivity contribution in [2.75, 3.05) is 7.05 Å². The molecule has 0 radical (unpaired) electrons. The van der Waals surface area contributed by atoms with Crippen LogP contribution in [0, 0.1) is 18.3 Å². The molecular weight excluding hydrogens is 298 g/mol. The number of nitrogens with zero attached hydrogens (tertiary/aromatic N) is 5. The first-order valence-electron chi connectivity index (χ1n) is 7.63. The lowest BCUT2D eigenvalue weighted by molar-refractivity contribution is -0.133. The van der Waals surface area contributed by atoms with Gasteiger partial charge in [0, 0.05) is 14.1 Å². The Morgan fingerprint density at radius 2 is 2.05 bits per heavy atom. The Morgan fingerprint density at radius 1 is 1.41 bits per heavy atom. The molecule has 2 rings (SSSR count). The van der Waals surface area contributed by atoms with E-state index in [0.29, 0.717) is 0 Å². The molecule has 0 spiro atoms. The number of aromatic nitrogens is 3. The third-order valence-electron chi connectivity index (χ3n) is 4.54. The fourth-order valence-electron chi connectivity index (χ4n) is 2.84. The number of amides is 1. The van der Waals surface area contributed by atoms with Crippen LogP contribution in [0.5, 0.6) is 0 Å². The lowest BCUT2D eigenvalue weighted by Gasteiger charge is -2.40. The molecule has 7 heteroatoms. The van der Waals surface area contributed by atoms with Crippen molar-refractivity contribution in [3.63, 3.8) is 0 Å². The van der Waals surface area contributed by atoms with Gasteiger partial charge in [-0.25, -0.2) is 0 Å². The average Bonchev–Trinajstić information content (AvgIpc) is 2.86. The summed E-state index contributed by atoms with van der Waals surface area (Å²) in [5.41, 5.74) is -0.639. The van der Waals surface area contributed by atoms with E-state index in [1.165, 1.54) is 11.8 Å². The van der Waals surface area contributed by atoms with E-state index >= 15 is 0 Å². The molecule has 0 aliphatic heterocycles. The molecule has 0 N–H and O–H groups in total. The minimum absolute atomic E-state index is 0.0193. The molecule has 0 saturated heterocycles. The van der Waals surface area contributed by atoms with Gasteiger partial charge < -0.3 is 9.47 Å². The number of hydrogen-bond acceptors (Lipinski definition) is 5. The maximum absolute atomic E-state index is 12.7. The van der Waals surface area contributed by atoms with Crippen LogP contribution in [-0.4, -0.2) is 43.4 Å². The summed E-state index contributed by atoms with van der Waals surface area (Å²) in [5, 5.41) is 18.1. The zero-order valence-electron chi connectivity index (χ0n) is 13.7. The van der Waals surface area contributed by atoms with Crippen molar-refractivity contribution < 1.29 is 4.79 Å². The monoisotopic (exact) mass is 321 g/mol. The highest BCUT2D eigenvalue weighted by molar-refractivity contribution is 8.00. The van der Waals surface area contributed by atoms with Crippen molar-refractivity contribution in [2.24, 2.45) is 7.05 Å². The highest BCUT2D eigenvalue weighted by Gasteiger charge is 2.40. The Labute approximate surface area is 135 Å². The van der Waals surface area contributed by atoms with Crippen LogP contribution < -0.4 is 0 Å². The normalized spacial score (nSPS) is 18.5. The lowest BCUT2D eigenvalue weighted by Crippen LogP contribution is -2.52. The van der Waals surface area contributed by atoms with E-state index in [9.17, 15) is 10.1 Å². The molecule has 0 aromatic carbocycles. The second-order valence-corrected chi connectivity index (χ2v) is 7.26. The Hall–Kier alpha value is -1.55. The van der Waals surface area contributed by atoms with Gasteiger partial charge in [-0.2, -0.15) is 5.26 Å². The molecule has 1 heterocycles. The van der Waals surface area contributed by atoms with Crippen LogP contribution in [0.25, 0.3) is 0 Å². The molecule has 22 heavy (non-hydrogen) atoms. The first kappa shape index (κ1) is 16.8. The third-order valence-corrected chi connectivity index (χ3v) is 5.67. The number of hydrogen-bond donors (Lipinski definition) is 0. The van der Waals surface area contributed by atoms with Crippen LogP contribution in [0.2, 0.25) is 0 Å². The second-order valence-electron chi connectivity index (χ2n) is 5.95. The SMILES string of the molecule is Cc1nnc(S[C@H](C)C(=O)N(C)C2(C#N)CCCCC2)n1C. The van der Waals surface area contributed by atoms with Gasteiger partial charge in [0.25, 0.3) is 0 Å². The molecule has 0 bridgehead atoms. The number of thioether (sulfide) groups is 1. The van der Waals surface area contributed by atoms with Gasteiger partial charge in [0.15, 0.2) is 5.16 Å². The largest absolute Gasteiger partial charge is 0.326 e. The van der Waals surface area contributed by atoms with Crippen molar-refractivity contribution in [3.05, 3.63) is 5.82 Å². The topological polar surface area (TPSA) is 74.8 Å². The first-order valence-corrected chi connectivity index (χ1v) is 8.51. The van der Waals surface area contributed by atoms with Crippen LogP contribution >= 0.6 is 11.8 Å². The highest BCUT2D eigenvalue weighted by atomic mass is 32.2. The third kappa shape index (κ3) is 3.12. The van der Waals surface area contributed by atoms with Crippen molar-refractivity contribution in [3.8, 4) is 6.07 Å². The number of nitriles is 1. The van der Waals surface area contributed by atoms with Gasteiger partial charge in [0.2, 0.25) is 5.91 Å². The molecule has 1 amide bonds. The first-order chi connectivity index (χ1) is 10.4. The van der Waals surface area contributed by atoms with E-state index in [4.69, 9.17) is 0 Å². The minimum Gasteiger partial charge on any atom is -0.326 e. The van der Waals surface area contributed by atoms with Gasteiger partial charge in [0.05, 0.1) is 11.3 Å². The minimum atomic E-state index is -0.639. The lowest BCUT2D eigenvalue weighted by atomic mass is 9.81. The molecular formula is C15H23N5OS. The van der Waals surface area contributed by atoms with E-state index in [2.05, 4.69) is 16.3 Å². The number of carbonyl (C=O) groups excluding carboxylic acids is 1. The molecule has 1 aliphatic carbocycles. The predicted octanol–water partition coefficient (Wildman–Crippen LogP) is 2.29. The summed E-state index contributed by atoms with van der Waals surface area (Å²) in [7, 11) is 3.65. The second kappa shape index (κ2) is 6.69. The maximum Gasteiger partial charge on any atom is 0.236 e. The van der Waals surface area contributed by atoms with Gasteiger partial charge in [-0.3, -0.25) is 4.79 Å². The molecule has 1 aliphatic rings. The van der Waals surface area contributed by atoms with Crippen LogP contribution in [0.3, 0.4) is 0 Å². The quantitative estimate of drug-likeness (QED) is 0.795. The molecule has 1 saturated carbocycles.